The number of ether oxygens (including phenoxy) is 2. The summed E-state index contributed by atoms with van der Waals surface area (Å²) in [4.78, 5) is 11.6. The number of amides is 1. The van der Waals surface area contributed by atoms with Crippen molar-refractivity contribution in [2.75, 3.05) is 27.3 Å². The van der Waals surface area contributed by atoms with E-state index in [1.165, 1.54) is 32.3 Å². The molecule has 0 aliphatic rings. The summed E-state index contributed by atoms with van der Waals surface area (Å²) < 4.78 is 36.1. The highest BCUT2D eigenvalue weighted by Gasteiger charge is 2.16. The van der Waals surface area contributed by atoms with E-state index in [0.717, 1.165) is 4.31 Å². The lowest BCUT2D eigenvalue weighted by Crippen LogP contribution is -2.22. The van der Waals surface area contributed by atoms with Crippen molar-refractivity contribution in [3.8, 4) is 11.5 Å². The maximum absolute atomic E-state index is 12.0. The Balaban J connectivity index is 1.92. The molecule has 1 amide bonds. The molecule has 0 aliphatic carbocycles. The standard InChI is InChI=1S/C17H19ClN2O5S/c1-20(2)26(22,23)14-6-4-13(5-7-14)24-9-10-25-16-8-3-12(18)11-15(16)17(19)21/h3-8,11H,9-10H2,1-2H3,(H2,19,21). The normalized spacial score (nSPS) is 11.4. The van der Waals surface area contributed by atoms with Gasteiger partial charge in [0, 0.05) is 19.1 Å². The average molecular weight is 399 g/mol. The monoisotopic (exact) mass is 398 g/mol. The molecule has 7 nitrogen and oxygen atoms in total. The molecule has 0 spiro atoms. The van der Waals surface area contributed by atoms with Crippen molar-refractivity contribution in [1.82, 2.24) is 4.31 Å². The van der Waals surface area contributed by atoms with Gasteiger partial charge in [0.25, 0.3) is 5.91 Å². The van der Waals surface area contributed by atoms with Gasteiger partial charge in [0.2, 0.25) is 10.0 Å². The van der Waals surface area contributed by atoms with Crippen LogP contribution in [0, 0.1) is 0 Å². The van der Waals surface area contributed by atoms with E-state index in [1.807, 2.05) is 0 Å². The molecule has 2 aromatic carbocycles. The van der Waals surface area contributed by atoms with Gasteiger partial charge in [-0.15, -0.1) is 0 Å². The first kappa shape index (κ1) is 20.0. The van der Waals surface area contributed by atoms with Gasteiger partial charge in [-0.05, 0) is 42.5 Å². The molecule has 0 saturated heterocycles. The van der Waals surface area contributed by atoms with Crippen LogP contribution in [-0.4, -0.2) is 45.9 Å². The first-order chi connectivity index (χ1) is 12.2. The van der Waals surface area contributed by atoms with Crippen LogP contribution in [0.3, 0.4) is 0 Å². The minimum absolute atomic E-state index is 0.166. The number of hydrogen-bond donors (Lipinski definition) is 1. The first-order valence-electron chi connectivity index (χ1n) is 7.59. The SMILES string of the molecule is CN(C)S(=O)(=O)c1ccc(OCCOc2ccc(Cl)cc2C(N)=O)cc1. The number of halogens is 1. The second kappa shape index (κ2) is 8.39. The largest absolute Gasteiger partial charge is 0.490 e. The Bertz CT molecular complexity index is 883. The highest BCUT2D eigenvalue weighted by atomic mass is 35.5. The lowest BCUT2D eigenvalue weighted by molar-refractivity contribution is 0.0995. The van der Waals surface area contributed by atoms with Crippen molar-refractivity contribution in [3.05, 3.63) is 53.1 Å². The van der Waals surface area contributed by atoms with Crippen molar-refractivity contribution >= 4 is 27.5 Å². The molecule has 0 fully saturated rings. The van der Waals surface area contributed by atoms with Crippen LogP contribution < -0.4 is 15.2 Å². The summed E-state index contributed by atoms with van der Waals surface area (Å²) in [7, 11) is -0.540. The predicted molar refractivity (Wildman–Crippen MR) is 98.3 cm³/mol. The predicted octanol–water partition coefficient (Wildman–Crippen LogP) is 2.15. The summed E-state index contributed by atoms with van der Waals surface area (Å²) in [5, 5.41) is 0.384. The maximum atomic E-state index is 12.0. The summed E-state index contributed by atoms with van der Waals surface area (Å²) in [5.41, 5.74) is 5.48. The van der Waals surface area contributed by atoms with Crippen LogP contribution in [-0.2, 0) is 10.0 Å². The third-order valence-corrected chi connectivity index (χ3v) is 5.48. The van der Waals surface area contributed by atoms with E-state index in [1.54, 1.807) is 24.3 Å². The van der Waals surface area contributed by atoms with E-state index in [2.05, 4.69) is 0 Å². The molecule has 0 unspecified atom stereocenters. The zero-order valence-corrected chi connectivity index (χ0v) is 15.9. The zero-order chi connectivity index (χ0) is 19.3. The molecular weight excluding hydrogens is 380 g/mol. The average Bonchev–Trinajstić information content (AvgIpc) is 2.59. The van der Waals surface area contributed by atoms with Gasteiger partial charge in [-0.3, -0.25) is 4.79 Å². The summed E-state index contributed by atoms with van der Waals surface area (Å²) in [5.74, 6) is 0.177. The fourth-order valence-corrected chi connectivity index (χ4v) is 3.12. The number of benzene rings is 2. The minimum atomic E-state index is -3.47. The highest BCUT2D eigenvalue weighted by molar-refractivity contribution is 7.89. The third-order valence-electron chi connectivity index (χ3n) is 3.42. The summed E-state index contributed by atoms with van der Waals surface area (Å²) >= 11 is 5.83. The van der Waals surface area contributed by atoms with E-state index in [9.17, 15) is 13.2 Å². The Morgan fingerprint density at radius 1 is 1.08 bits per heavy atom. The van der Waals surface area contributed by atoms with Crippen LogP contribution >= 0.6 is 11.6 Å². The quantitative estimate of drug-likeness (QED) is 0.687. The van der Waals surface area contributed by atoms with Crippen molar-refractivity contribution in [3.63, 3.8) is 0 Å². The lowest BCUT2D eigenvalue weighted by atomic mass is 10.2. The molecule has 0 bridgehead atoms. The van der Waals surface area contributed by atoms with E-state index in [0.29, 0.717) is 16.5 Å². The number of carbonyl (C=O) groups is 1. The van der Waals surface area contributed by atoms with E-state index in [-0.39, 0.29) is 23.7 Å². The van der Waals surface area contributed by atoms with Crippen molar-refractivity contribution < 1.29 is 22.7 Å². The summed E-state index contributed by atoms with van der Waals surface area (Å²) in [6, 6.07) is 10.6. The van der Waals surface area contributed by atoms with Gasteiger partial charge in [0.05, 0.1) is 10.5 Å². The van der Waals surface area contributed by atoms with Crippen LogP contribution in [0.25, 0.3) is 0 Å². The van der Waals surface area contributed by atoms with Crippen LogP contribution in [0.4, 0.5) is 0 Å². The number of rotatable bonds is 8. The van der Waals surface area contributed by atoms with Crippen LogP contribution in [0.15, 0.2) is 47.4 Å². The van der Waals surface area contributed by atoms with Crippen molar-refractivity contribution in [2.45, 2.75) is 4.90 Å². The topological polar surface area (TPSA) is 98.9 Å². The van der Waals surface area contributed by atoms with Gasteiger partial charge in [-0.2, -0.15) is 0 Å². The van der Waals surface area contributed by atoms with E-state index in [4.69, 9.17) is 26.8 Å². The van der Waals surface area contributed by atoms with Gasteiger partial charge in [0.15, 0.2) is 0 Å². The Hall–Kier alpha value is -2.29. The molecule has 2 rings (SSSR count). The number of carbonyl (C=O) groups excluding carboxylic acids is 1. The van der Waals surface area contributed by atoms with Gasteiger partial charge in [-0.25, -0.2) is 12.7 Å². The Morgan fingerprint density at radius 3 is 2.27 bits per heavy atom. The van der Waals surface area contributed by atoms with Gasteiger partial charge >= 0.3 is 0 Å². The van der Waals surface area contributed by atoms with Crippen LogP contribution in [0.1, 0.15) is 10.4 Å². The van der Waals surface area contributed by atoms with Gasteiger partial charge < -0.3 is 15.2 Å². The lowest BCUT2D eigenvalue weighted by Gasteiger charge is -2.13. The molecule has 2 N–H and O–H groups in total. The van der Waals surface area contributed by atoms with Crippen molar-refractivity contribution in [2.24, 2.45) is 5.73 Å². The molecule has 0 heterocycles. The van der Waals surface area contributed by atoms with Crippen molar-refractivity contribution in [1.29, 1.82) is 0 Å². The molecule has 2 aromatic rings. The van der Waals surface area contributed by atoms with Gasteiger partial charge in [0.1, 0.15) is 24.7 Å². The smallest absolute Gasteiger partial charge is 0.252 e. The fourth-order valence-electron chi connectivity index (χ4n) is 2.05. The Labute approximate surface area is 157 Å². The summed E-state index contributed by atoms with van der Waals surface area (Å²) in [6.07, 6.45) is 0. The van der Waals surface area contributed by atoms with E-state index < -0.39 is 15.9 Å². The summed E-state index contributed by atoms with van der Waals surface area (Å²) in [6.45, 7) is 0.361. The number of nitrogens with zero attached hydrogens (tertiary/aromatic N) is 1. The molecule has 0 aliphatic heterocycles. The number of sulfonamides is 1. The minimum Gasteiger partial charge on any atom is -0.490 e. The molecule has 9 heteroatoms. The molecule has 0 radical (unpaired) electrons. The number of primary amides is 1. The molecule has 0 saturated carbocycles. The first-order valence-corrected chi connectivity index (χ1v) is 9.41. The third kappa shape index (κ3) is 4.87. The highest BCUT2D eigenvalue weighted by Crippen LogP contribution is 2.23. The number of nitrogens with two attached hydrogens (primary N) is 1. The molecule has 140 valence electrons. The maximum Gasteiger partial charge on any atom is 0.252 e. The Morgan fingerprint density at radius 2 is 1.69 bits per heavy atom. The molecule has 0 aromatic heterocycles. The number of hydrogen-bond acceptors (Lipinski definition) is 5. The Kier molecular flexibility index (Phi) is 6.47. The second-order valence-electron chi connectivity index (χ2n) is 5.46. The fraction of sp³-hybridized carbons (Fsp3) is 0.235. The van der Waals surface area contributed by atoms with Gasteiger partial charge in [-0.1, -0.05) is 11.6 Å². The molecular formula is C17H19ClN2O5S. The molecule has 0 atom stereocenters. The van der Waals surface area contributed by atoms with E-state index >= 15 is 0 Å². The van der Waals surface area contributed by atoms with Crippen LogP contribution in [0.5, 0.6) is 11.5 Å². The zero-order valence-electron chi connectivity index (χ0n) is 14.3. The van der Waals surface area contributed by atoms with Crippen LogP contribution in [0.2, 0.25) is 5.02 Å². The molecule has 26 heavy (non-hydrogen) atoms. The second-order valence-corrected chi connectivity index (χ2v) is 8.05.